The van der Waals surface area contributed by atoms with Crippen LogP contribution in [0.3, 0.4) is 0 Å². The van der Waals surface area contributed by atoms with Crippen LogP contribution in [-0.2, 0) is 4.79 Å². The highest BCUT2D eigenvalue weighted by atomic mass is 19.1. The van der Waals surface area contributed by atoms with Crippen molar-refractivity contribution in [1.29, 1.82) is 0 Å². The summed E-state index contributed by atoms with van der Waals surface area (Å²) in [5.41, 5.74) is 0. The number of fused-ring (bicyclic) bond motifs is 1. The van der Waals surface area contributed by atoms with Gasteiger partial charge in [0.25, 0.3) is 0 Å². The largest absolute Gasteiger partial charge is 0.493 e. The predicted octanol–water partition coefficient (Wildman–Crippen LogP) is 3.63. The number of halogens is 1. The third kappa shape index (κ3) is 3.22. The summed E-state index contributed by atoms with van der Waals surface area (Å²) in [4.78, 5) is 14.8. The van der Waals surface area contributed by atoms with Crippen LogP contribution in [0.5, 0.6) is 5.75 Å². The van der Waals surface area contributed by atoms with Gasteiger partial charge in [0.1, 0.15) is 11.6 Å². The Morgan fingerprint density at radius 1 is 1.13 bits per heavy atom. The highest BCUT2D eigenvalue weighted by Crippen LogP contribution is 2.47. The number of nitrogens with zero attached hydrogens (tertiary/aromatic N) is 1. The van der Waals surface area contributed by atoms with E-state index < -0.39 is 0 Å². The van der Waals surface area contributed by atoms with Crippen LogP contribution < -0.4 is 4.74 Å². The topological polar surface area (TPSA) is 29.5 Å². The molecule has 4 bridgehead atoms. The molecule has 2 saturated carbocycles. The minimum absolute atomic E-state index is 0.208. The van der Waals surface area contributed by atoms with E-state index in [0.29, 0.717) is 30.7 Å². The molecule has 2 aliphatic heterocycles. The molecule has 124 valence electrons. The molecule has 2 unspecified atom stereocenters. The summed E-state index contributed by atoms with van der Waals surface area (Å²) in [6.07, 6.45) is 6.80. The Morgan fingerprint density at radius 2 is 1.87 bits per heavy atom. The van der Waals surface area contributed by atoms with Crippen molar-refractivity contribution in [1.82, 2.24) is 4.90 Å². The van der Waals surface area contributed by atoms with E-state index >= 15 is 0 Å². The lowest BCUT2D eigenvalue weighted by atomic mass is 9.68. The van der Waals surface area contributed by atoms with E-state index in [1.54, 1.807) is 12.1 Å². The summed E-state index contributed by atoms with van der Waals surface area (Å²) in [7, 11) is 0. The minimum Gasteiger partial charge on any atom is -0.493 e. The van der Waals surface area contributed by atoms with E-state index in [4.69, 9.17) is 4.74 Å². The molecule has 1 aromatic carbocycles. The molecule has 0 spiro atoms. The normalized spacial score (nSPS) is 32.0. The summed E-state index contributed by atoms with van der Waals surface area (Å²) in [5.74, 6) is 2.79. The molecule has 1 amide bonds. The molecule has 0 radical (unpaired) electrons. The van der Waals surface area contributed by atoms with Crippen molar-refractivity contribution < 1.29 is 13.9 Å². The minimum atomic E-state index is -0.311. The van der Waals surface area contributed by atoms with Gasteiger partial charge < -0.3 is 9.64 Å². The van der Waals surface area contributed by atoms with E-state index in [0.717, 1.165) is 18.4 Å². The van der Waals surface area contributed by atoms with Gasteiger partial charge in [-0.1, -0.05) is 6.07 Å². The Bertz CT molecular complexity index is 576. The van der Waals surface area contributed by atoms with E-state index in [-0.39, 0.29) is 11.7 Å². The molecular formula is C19H24FNO2. The third-order valence-corrected chi connectivity index (χ3v) is 5.81. The zero-order valence-corrected chi connectivity index (χ0v) is 13.4. The van der Waals surface area contributed by atoms with Gasteiger partial charge in [0.05, 0.1) is 13.0 Å². The molecule has 0 aromatic heterocycles. The summed E-state index contributed by atoms with van der Waals surface area (Å²) < 4.78 is 18.7. The molecule has 4 fully saturated rings. The number of carbonyl (C=O) groups excluding carboxylic acids is 1. The average molecular weight is 317 g/mol. The average Bonchev–Trinajstić information content (AvgIpc) is 2.71. The van der Waals surface area contributed by atoms with Crippen molar-refractivity contribution in [2.45, 2.75) is 44.6 Å². The van der Waals surface area contributed by atoms with Gasteiger partial charge >= 0.3 is 0 Å². The van der Waals surface area contributed by atoms with Crippen LogP contribution in [0.4, 0.5) is 4.39 Å². The van der Waals surface area contributed by atoms with Crippen molar-refractivity contribution in [2.24, 2.45) is 17.8 Å². The molecule has 5 rings (SSSR count). The number of hydrogen-bond acceptors (Lipinski definition) is 2. The van der Waals surface area contributed by atoms with Gasteiger partial charge in [0, 0.05) is 18.7 Å². The summed E-state index contributed by atoms with van der Waals surface area (Å²) in [6, 6.07) is 6.54. The second-order valence-electron chi connectivity index (χ2n) is 7.53. The van der Waals surface area contributed by atoms with E-state index in [9.17, 15) is 9.18 Å². The summed E-state index contributed by atoms with van der Waals surface area (Å²) in [6.45, 7) is 1.26. The van der Waals surface area contributed by atoms with Crippen LogP contribution in [0.25, 0.3) is 0 Å². The third-order valence-electron chi connectivity index (χ3n) is 5.81. The van der Waals surface area contributed by atoms with Crippen LogP contribution >= 0.6 is 0 Å². The van der Waals surface area contributed by atoms with Crippen LogP contribution in [0, 0.1) is 23.6 Å². The predicted molar refractivity (Wildman–Crippen MR) is 85.6 cm³/mol. The Labute approximate surface area is 136 Å². The fraction of sp³-hybridized carbons (Fsp3) is 0.632. The first-order valence-corrected chi connectivity index (χ1v) is 8.85. The van der Waals surface area contributed by atoms with Gasteiger partial charge in [-0.2, -0.15) is 0 Å². The second-order valence-corrected chi connectivity index (χ2v) is 7.53. The van der Waals surface area contributed by atoms with Gasteiger partial charge in [0.2, 0.25) is 5.91 Å². The first kappa shape index (κ1) is 15.0. The summed E-state index contributed by atoms with van der Waals surface area (Å²) >= 11 is 0. The first-order chi connectivity index (χ1) is 11.2. The first-order valence-electron chi connectivity index (χ1n) is 8.85. The van der Waals surface area contributed by atoms with Gasteiger partial charge in [0.15, 0.2) is 0 Å². The molecule has 2 atom stereocenters. The smallest absolute Gasteiger partial charge is 0.226 e. The van der Waals surface area contributed by atoms with Crippen molar-refractivity contribution in [3.8, 4) is 5.75 Å². The fourth-order valence-corrected chi connectivity index (χ4v) is 5.05. The molecule has 3 nitrogen and oxygen atoms in total. The zero-order chi connectivity index (χ0) is 15.8. The Hall–Kier alpha value is -1.58. The van der Waals surface area contributed by atoms with Gasteiger partial charge in [-0.15, -0.1) is 0 Å². The summed E-state index contributed by atoms with van der Waals surface area (Å²) in [5, 5.41) is 0. The molecule has 2 aliphatic carbocycles. The van der Waals surface area contributed by atoms with Crippen molar-refractivity contribution >= 4 is 5.91 Å². The highest BCUT2D eigenvalue weighted by Gasteiger charge is 2.43. The number of benzene rings is 1. The Kier molecular flexibility index (Phi) is 4.00. The van der Waals surface area contributed by atoms with Gasteiger partial charge in [-0.05, 0) is 62.0 Å². The van der Waals surface area contributed by atoms with E-state index in [2.05, 4.69) is 4.90 Å². The highest BCUT2D eigenvalue weighted by molar-refractivity contribution is 5.76. The quantitative estimate of drug-likeness (QED) is 0.848. The van der Waals surface area contributed by atoms with Crippen LogP contribution in [0.2, 0.25) is 0 Å². The SMILES string of the molecule is O=C(CCOc1cccc(F)c1)N1CC2CC3CC(C2)CC1C3. The van der Waals surface area contributed by atoms with Crippen LogP contribution in [-0.4, -0.2) is 30.0 Å². The van der Waals surface area contributed by atoms with Crippen molar-refractivity contribution in [3.05, 3.63) is 30.1 Å². The lowest BCUT2D eigenvalue weighted by Crippen LogP contribution is -2.42. The number of ether oxygens (including phenoxy) is 1. The van der Waals surface area contributed by atoms with Crippen LogP contribution in [0.15, 0.2) is 24.3 Å². The number of amides is 1. The monoisotopic (exact) mass is 317 g/mol. The maximum absolute atomic E-state index is 13.1. The van der Waals surface area contributed by atoms with Crippen LogP contribution in [0.1, 0.15) is 38.5 Å². The molecular weight excluding hydrogens is 293 g/mol. The number of hydrogen-bond donors (Lipinski definition) is 0. The maximum atomic E-state index is 13.1. The molecule has 1 aromatic rings. The van der Waals surface area contributed by atoms with E-state index in [1.807, 2.05) is 0 Å². The molecule has 4 aliphatic rings. The van der Waals surface area contributed by atoms with Crippen molar-refractivity contribution in [2.75, 3.05) is 13.2 Å². The maximum Gasteiger partial charge on any atom is 0.226 e. The number of rotatable bonds is 4. The second kappa shape index (κ2) is 6.14. The lowest BCUT2D eigenvalue weighted by Gasteiger charge is -2.39. The Balaban J connectivity index is 1.34. The molecule has 0 N–H and O–H groups in total. The Morgan fingerprint density at radius 3 is 2.61 bits per heavy atom. The molecule has 23 heavy (non-hydrogen) atoms. The number of carbonyl (C=O) groups is 1. The van der Waals surface area contributed by atoms with Crippen molar-refractivity contribution in [3.63, 3.8) is 0 Å². The molecule has 2 saturated heterocycles. The van der Waals surface area contributed by atoms with E-state index in [1.165, 1.54) is 44.2 Å². The fourth-order valence-electron chi connectivity index (χ4n) is 5.05. The lowest BCUT2D eigenvalue weighted by molar-refractivity contribution is -0.134. The van der Waals surface area contributed by atoms with Gasteiger partial charge in [-0.3, -0.25) is 4.79 Å². The zero-order valence-electron chi connectivity index (χ0n) is 13.4. The molecule has 2 heterocycles. The standard InChI is InChI=1S/C19H24FNO2/c20-16-2-1-3-18(11-16)23-5-4-19(22)21-12-15-7-13-6-14(8-15)10-17(21)9-13/h1-3,11,13-15,17H,4-10,12H2. The van der Waals surface area contributed by atoms with Gasteiger partial charge in [-0.25, -0.2) is 4.39 Å². The molecule has 4 heteroatoms.